The number of aromatic nitrogens is 3. The van der Waals surface area contributed by atoms with Gasteiger partial charge in [0.05, 0.1) is 15.6 Å². The minimum Gasteiger partial charge on any atom is -0.320 e. The number of sulfone groups is 1. The zero-order valence-corrected chi connectivity index (χ0v) is 16.1. The molecule has 12 heteroatoms. The van der Waals surface area contributed by atoms with Crippen LogP contribution in [-0.2, 0) is 9.84 Å². The van der Waals surface area contributed by atoms with Crippen LogP contribution in [0.5, 0.6) is 0 Å². The molecule has 0 radical (unpaired) electrons. The second-order valence-corrected chi connectivity index (χ2v) is 8.60. The molecule has 0 fully saturated rings. The van der Waals surface area contributed by atoms with E-state index in [-0.39, 0.29) is 33.3 Å². The molecule has 0 atom stereocenters. The van der Waals surface area contributed by atoms with Crippen LogP contribution in [0.15, 0.2) is 40.9 Å². The van der Waals surface area contributed by atoms with Crippen LogP contribution >= 0.6 is 22.9 Å². The molecule has 0 saturated carbocycles. The molecule has 0 saturated heterocycles. The Hall–Kier alpha value is -2.76. The summed E-state index contributed by atoms with van der Waals surface area (Å²) < 4.78 is 22.8. The van der Waals surface area contributed by atoms with Crippen molar-refractivity contribution >= 4 is 56.2 Å². The lowest BCUT2D eigenvalue weighted by molar-refractivity contribution is 0.101. The van der Waals surface area contributed by atoms with Crippen LogP contribution in [0.3, 0.4) is 0 Å². The monoisotopic (exact) mass is 425 g/mol. The maximum absolute atomic E-state index is 12.3. The highest BCUT2D eigenvalue weighted by Gasteiger charge is 2.17. The van der Waals surface area contributed by atoms with E-state index < -0.39 is 15.7 Å². The molecular formula is C15H12ClN5O4S2. The molecular weight excluding hydrogens is 414 g/mol. The number of rotatable bonds is 5. The second-order valence-electron chi connectivity index (χ2n) is 5.32. The van der Waals surface area contributed by atoms with Gasteiger partial charge < -0.3 is 5.32 Å². The maximum atomic E-state index is 12.3. The number of halogens is 1. The number of carbonyl (C=O) groups is 2. The van der Waals surface area contributed by atoms with Gasteiger partial charge in [0.1, 0.15) is 0 Å². The van der Waals surface area contributed by atoms with E-state index in [4.69, 9.17) is 11.6 Å². The zero-order valence-electron chi connectivity index (χ0n) is 13.7. The van der Waals surface area contributed by atoms with Crippen LogP contribution in [0.2, 0.25) is 5.02 Å². The summed E-state index contributed by atoms with van der Waals surface area (Å²) >= 11 is 7.35. The van der Waals surface area contributed by atoms with E-state index in [9.17, 15) is 18.0 Å². The highest BCUT2D eigenvalue weighted by molar-refractivity contribution is 7.90. The third-order valence-electron chi connectivity index (χ3n) is 3.26. The predicted molar refractivity (Wildman–Crippen MR) is 101 cm³/mol. The largest absolute Gasteiger partial charge is 0.320 e. The average Bonchev–Trinajstić information content (AvgIpc) is 3.27. The number of hydrogen-bond acceptors (Lipinski definition) is 7. The van der Waals surface area contributed by atoms with Gasteiger partial charge in [-0.1, -0.05) is 17.7 Å². The summed E-state index contributed by atoms with van der Waals surface area (Å²) in [4.78, 5) is 28.7. The normalized spacial score (nSPS) is 11.2. The Morgan fingerprint density at radius 2 is 1.96 bits per heavy atom. The van der Waals surface area contributed by atoms with Gasteiger partial charge in [-0.05, 0) is 29.6 Å². The van der Waals surface area contributed by atoms with Crippen LogP contribution < -0.4 is 10.6 Å². The molecule has 3 rings (SSSR count). The fourth-order valence-electron chi connectivity index (χ4n) is 2.00. The lowest BCUT2D eigenvalue weighted by Gasteiger charge is -2.08. The molecule has 2 aromatic heterocycles. The van der Waals surface area contributed by atoms with Crippen molar-refractivity contribution in [2.75, 3.05) is 16.9 Å². The highest BCUT2D eigenvalue weighted by atomic mass is 35.5. The van der Waals surface area contributed by atoms with Crippen molar-refractivity contribution in [3.63, 3.8) is 0 Å². The first kappa shape index (κ1) is 19.0. The minimum atomic E-state index is -3.57. The number of anilines is 2. The Morgan fingerprint density at radius 1 is 1.19 bits per heavy atom. The topological polar surface area (TPSA) is 134 Å². The number of thiophene rings is 1. The van der Waals surface area contributed by atoms with Crippen LogP contribution in [0.1, 0.15) is 20.0 Å². The zero-order chi connectivity index (χ0) is 19.6. The van der Waals surface area contributed by atoms with Gasteiger partial charge in [-0.2, -0.15) is 4.98 Å². The Kier molecular flexibility index (Phi) is 5.26. The van der Waals surface area contributed by atoms with Gasteiger partial charge in [0, 0.05) is 11.8 Å². The standard InChI is InChI=1S/C15H12ClN5O4S2/c1-27(24,25)15-19-14(20-21-15)18-12(22)8-4-5-9(16)10(7-8)17-13(23)11-3-2-6-26-11/h2-7H,1H3,(H,17,23)(H2,18,19,20,21,22). The first-order valence-electron chi connectivity index (χ1n) is 7.32. The quantitative estimate of drug-likeness (QED) is 0.574. The smallest absolute Gasteiger partial charge is 0.265 e. The Morgan fingerprint density at radius 3 is 2.59 bits per heavy atom. The molecule has 3 N–H and O–H groups in total. The van der Waals surface area contributed by atoms with Crippen molar-refractivity contribution in [3.8, 4) is 0 Å². The van der Waals surface area contributed by atoms with Crippen molar-refractivity contribution < 1.29 is 18.0 Å². The third kappa shape index (κ3) is 4.51. The van der Waals surface area contributed by atoms with E-state index in [0.29, 0.717) is 4.88 Å². The molecule has 2 heterocycles. The van der Waals surface area contributed by atoms with E-state index in [1.165, 1.54) is 29.5 Å². The Labute approximate surface area is 162 Å². The molecule has 2 amide bonds. The minimum absolute atomic E-state index is 0.173. The number of aromatic amines is 1. The number of carbonyl (C=O) groups excluding carboxylic acids is 2. The summed E-state index contributed by atoms with van der Waals surface area (Å²) in [7, 11) is -3.57. The molecule has 140 valence electrons. The van der Waals surface area contributed by atoms with Gasteiger partial charge in [0.25, 0.3) is 11.8 Å². The molecule has 1 aromatic carbocycles. The molecule has 0 aliphatic rings. The lowest BCUT2D eigenvalue weighted by Crippen LogP contribution is -2.15. The predicted octanol–water partition coefficient (Wildman–Crippen LogP) is 2.43. The Bertz CT molecular complexity index is 1110. The number of nitrogens with zero attached hydrogens (tertiary/aromatic N) is 2. The molecule has 0 aliphatic heterocycles. The molecule has 27 heavy (non-hydrogen) atoms. The summed E-state index contributed by atoms with van der Waals surface area (Å²) in [6.07, 6.45) is 0.959. The first-order chi connectivity index (χ1) is 12.7. The third-order valence-corrected chi connectivity index (χ3v) is 5.35. The molecule has 0 spiro atoms. The van der Waals surface area contributed by atoms with E-state index in [2.05, 4.69) is 25.8 Å². The summed E-state index contributed by atoms with van der Waals surface area (Å²) in [5.74, 6) is -1.15. The van der Waals surface area contributed by atoms with E-state index >= 15 is 0 Å². The summed E-state index contributed by atoms with van der Waals surface area (Å²) in [6.45, 7) is 0. The van der Waals surface area contributed by atoms with Crippen molar-refractivity contribution in [1.82, 2.24) is 15.2 Å². The van der Waals surface area contributed by atoms with Gasteiger partial charge in [-0.15, -0.1) is 16.4 Å². The van der Waals surface area contributed by atoms with Gasteiger partial charge in [0.15, 0.2) is 0 Å². The summed E-state index contributed by atoms with van der Waals surface area (Å²) in [6, 6.07) is 7.70. The van der Waals surface area contributed by atoms with Crippen molar-refractivity contribution in [2.24, 2.45) is 0 Å². The molecule has 0 bridgehead atoms. The van der Waals surface area contributed by atoms with Crippen LogP contribution in [0.25, 0.3) is 0 Å². The van der Waals surface area contributed by atoms with Crippen LogP contribution in [0, 0.1) is 0 Å². The number of H-pyrrole nitrogens is 1. The summed E-state index contributed by atoms with van der Waals surface area (Å²) in [5.41, 5.74) is 0.432. The number of hydrogen-bond donors (Lipinski definition) is 3. The van der Waals surface area contributed by atoms with Crippen molar-refractivity contribution in [2.45, 2.75) is 5.16 Å². The van der Waals surface area contributed by atoms with Gasteiger partial charge in [0.2, 0.25) is 20.9 Å². The first-order valence-corrected chi connectivity index (χ1v) is 10.5. The maximum Gasteiger partial charge on any atom is 0.265 e. The number of nitrogens with one attached hydrogen (secondary N) is 3. The Balaban J connectivity index is 1.77. The van der Waals surface area contributed by atoms with E-state index in [1.54, 1.807) is 17.5 Å². The van der Waals surface area contributed by atoms with Gasteiger partial charge in [-0.3, -0.25) is 14.9 Å². The SMILES string of the molecule is CS(=O)(=O)c1nc(NC(=O)c2ccc(Cl)c(NC(=O)c3cccs3)c2)n[nH]1. The van der Waals surface area contributed by atoms with E-state index in [0.717, 1.165) is 6.26 Å². The number of amides is 2. The second kappa shape index (κ2) is 7.47. The van der Waals surface area contributed by atoms with Crippen LogP contribution in [-0.4, -0.2) is 41.7 Å². The average molecular weight is 426 g/mol. The van der Waals surface area contributed by atoms with E-state index in [1.807, 2.05) is 0 Å². The molecule has 0 unspecified atom stereocenters. The fraction of sp³-hybridized carbons (Fsp3) is 0.0667. The van der Waals surface area contributed by atoms with Gasteiger partial charge >= 0.3 is 0 Å². The van der Waals surface area contributed by atoms with Crippen LogP contribution in [0.4, 0.5) is 11.6 Å². The fourth-order valence-corrected chi connectivity index (χ4v) is 3.24. The lowest BCUT2D eigenvalue weighted by atomic mass is 10.2. The van der Waals surface area contributed by atoms with Gasteiger partial charge in [-0.25, -0.2) is 13.5 Å². The van der Waals surface area contributed by atoms with Crippen molar-refractivity contribution in [1.29, 1.82) is 0 Å². The molecule has 9 nitrogen and oxygen atoms in total. The van der Waals surface area contributed by atoms with Crippen molar-refractivity contribution in [3.05, 3.63) is 51.2 Å². The molecule has 0 aliphatic carbocycles. The summed E-state index contributed by atoms with van der Waals surface area (Å²) in [5, 5.41) is 12.5. The molecule has 3 aromatic rings. The highest BCUT2D eigenvalue weighted by Crippen LogP contribution is 2.24. The number of benzene rings is 1.